The van der Waals surface area contributed by atoms with Gasteiger partial charge in [0.05, 0.1) is 13.2 Å². The van der Waals surface area contributed by atoms with E-state index in [-0.39, 0.29) is 17.5 Å². The number of amides is 2. The van der Waals surface area contributed by atoms with Crippen LogP contribution in [0.5, 0.6) is 0 Å². The van der Waals surface area contributed by atoms with Crippen LogP contribution in [0.25, 0.3) is 6.08 Å². The fraction of sp³-hybridized carbons (Fsp3) is 0.200. The number of rotatable bonds is 4. The molecular weight excluding hydrogens is 396 g/mol. The van der Waals surface area contributed by atoms with E-state index in [2.05, 4.69) is 21.2 Å². The first-order valence-electron chi connectivity index (χ1n) is 8.34. The van der Waals surface area contributed by atoms with Crippen molar-refractivity contribution in [3.05, 3.63) is 75.9 Å². The molecule has 26 heavy (non-hydrogen) atoms. The van der Waals surface area contributed by atoms with Gasteiger partial charge in [-0.2, -0.15) is 0 Å². The lowest BCUT2D eigenvalue weighted by Crippen LogP contribution is -2.44. The molecule has 0 aromatic heterocycles. The highest BCUT2D eigenvalue weighted by Gasteiger charge is 2.22. The molecule has 1 saturated heterocycles. The molecule has 0 saturated carbocycles. The van der Waals surface area contributed by atoms with Crippen LogP contribution < -0.4 is 5.32 Å². The second kappa shape index (κ2) is 8.78. The summed E-state index contributed by atoms with van der Waals surface area (Å²) in [6.45, 7) is 2.03. The van der Waals surface area contributed by atoms with E-state index in [9.17, 15) is 9.59 Å². The Bertz CT molecular complexity index is 815. The highest BCUT2D eigenvalue weighted by Crippen LogP contribution is 2.14. The van der Waals surface area contributed by atoms with Crippen LogP contribution in [0.4, 0.5) is 0 Å². The summed E-state index contributed by atoms with van der Waals surface area (Å²) in [7, 11) is 0. The average Bonchev–Trinajstić information content (AvgIpc) is 2.68. The Morgan fingerprint density at radius 1 is 1.04 bits per heavy atom. The van der Waals surface area contributed by atoms with Crippen LogP contribution in [-0.4, -0.2) is 43.0 Å². The van der Waals surface area contributed by atoms with Gasteiger partial charge >= 0.3 is 0 Å². The third kappa shape index (κ3) is 4.80. The molecule has 1 fully saturated rings. The summed E-state index contributed by atoms with van der Waals surface area (Å²) in [5, 5.41) is 2.78. The number of nitrogens with zero attached hydrogens (tertiary/aromatic N) is 1. The van der Waals surface area contributed by atoms with E-state index >= 15 is 0 Å². The van der Waals surface area contributed by atoms with Crippen molar-refractivity contribution in [3.8, 4) is 0 Å². The van der Waals surface area contributed by atoms with E-state index in [1.165, 1.54) is 0 Å². The van der Waals surface area contributed by atoms with Crippen molar-refractivity contribution in [2.75, 3.05) is 26.3 Å². The zero-order valence-electron chi connectivity index (χ0n) is 14.2. The van der Waals surface area contributed by atoms with E-state index < -0.39 is 0 Å². The van der Waals surface area contributed by atoms with Crippen molar-refractivity contribution in [2.24, 2.45) is 0 Å². The number of halogens is 1. The molecular formula is C20H19BrN2O3. The number of hydrogen-bond acceptors (Lipinski definition) is 3. The monoisotopic (exact) mass is 414 g/mol. The van der Waals surface area contributed by atoms with Gasteiger partial charge in [-0.25, -0.2) is 0 Å². The van der Waals surface area contributed by atoms with Crippen molar-refractivity contribution >= 4 is 33.8 Å². The molecule has 3 rings (SSSR count). The Morgan fingerprint density at radius 2 is 1.77 bits per heavy atom. The molecule has 134 valence electrons. The molecule has 1 N–H and O–H groups in total. The molecule has 2 aromatic carbocycles. The molecule has 0 spiro atoms. The SMILES string of the molecule is O=C(NC(=Cc1ccccc1)C(=O)N1CCOCC1)c1cccc(Br)c1. The van der Waals surface area contributed by atoms with E-state index in [1.54, 1.807) is 29.2 Å². The maximum Gasteiger partial charge on any atom is 0.270 e. The topological polar surface area (TPSA) is 58.6 Å². The van der Waals surface area contributed by atoms with Crippen LogP contribution >= 0.6 is 15.9 Å². The first-order chi connectivity index (χ1) is 12.6. The van der Waals surface area contributed by atoms with Gasteiger partial charge in [-0.05, 0) is 29.8 Å². The lowest BCUT2D eigenvalue weighted by Gasteiger charge is -2.27. The summed E-state index contributed by atoms with van der Waals surface area (Å²) in [5.41, 5.74) is 1.58. The van der Waals surface area contributed by atoms with E-state index in [0.717, 1.165) is 10.0 Å². The molecule has 1 aliphatic heterocycles. The van der Waals surface area contributed by atoms with Crippen molar-refractivity contribution in [3.63, 3.8) is 0 Å². The van der Waals surface area contributed by atoms with Crippen LogP contribution in [0.15, 0.2) is 64.8 Å². The molecule has 0 unspecified atom stereocenters. The third-order valence-corrected chi connectivity index (χ3v) is 4.47. The molecule has 2 aromatic rings. The molecule has 1 aliphatic rings. The summed E-state index contributed by atoms with van der Waals surface area (Å²) in [6, 6.07) is 16.5. The number of benzene rings is 2. The Morgan fingerprint density at radius 3 is 2.46 bits per heavy atom. The normalized spacial score (nSPS) is 14.8. The van der Waals surface area contributed by atoms with Crippen LogP contribution in [0.3, 0.4) is 0 Å². The van der Waals surface area contributed by atoms with E-state index in [1.807, 2.05) is 36.4 Å². The lowest BCUT2D eigenvalue weighted by atomic mass is 10.1. The Hall–Kier alpha value is -2.44. The predicted octanol–water partition coefficient (Wildman–Crippen LogP) is 3.08. The van der Waals surface area contributed by atoms with Gasteiger partial charge in [0.1, 0.15) is 5.70 Å². The number of morpholine rings is 1. The number of nitrogens with one attached hydrogen (secondary N) is 1. The minimum atomic E-state index is -0.324. The average molecular weight is 415 g/mol. The number of carbonyl (C=O) groups is 2. The molecule has 6 heteroatoms. The van der Waals surface area contributed by atoms with Crippen LogP contribution in [-0.2, 0) is 9.53 Å². The Balaban J connectivity index is 1.86. The van der Waals surface area contributed by atoms with Crippen LogP contribution in [0.1, 0.15) is 15.9 Å². The summed E-state index contributed by atoms with van der Waals surface area (Å²) >= 11 is 3.36. The van der Waals surface area contributed by atoms with Gasteiger partial charge in [0, 0.05) is 23.1 Å². The number of carbonyl (C=O) groups excluding carboxylic acids is 2. The van der Waals surface area contributed by atoms with Gasteiger partial charge in [0.25, 0.3) is 11.8 Å². The first-order valence-corrected chi connectivity index (χ1v) is 9.13. The van der Waals surface area contributed by atoms with Gasteiger partial charge < -0.3 is 15.0 Å². The Kier molecular flexibility index (Phi) is 6.20. The van der Waals surface area contributed by atoms with Gasteiger partial charge in [-0.1, -0.05) is 52.3 Å². The zero-order valence-corrected chi connectivity index (χ0v) is 15.7. The van der Waals surface area contributed by atoms with Crippen molar-refractivity contribution < 1.29 is 14.3 Å². The van der Waals surface area contributed by atoms with Crippen LogP contribution in [0.2, 0.25) is 0 Å². The molecule has 2 amide bonds. The van der Waals surface area contributed by atoms with E-state index in [0.29, 0.717) is 31.9 Å². The first kappa shape index (κ1) is 18.4. The summed E-state index contributed by atoms with van der Waals surface area (Å²) in [6.07, 6.45) is 1.70. The minimum absolute atomic E-state index is 0.208. The minimum Gasteiger partial charge on any atom is -0.378 e. The number of hydrogen-bond donors (Lipinski definition) is 1. The summed E-state index contributed by atoms with van der Waals surface area (Å²) < 4.78 is 6.11. The maximum absolute atomic E-state index is 12.9. The second-order valence-electron chi connectivity index (χ2n) is 5.84. The molecule has 0 radical (unpaired) electrons. The highest BCUT2D eigenvalue weighted by atomic mass is 79.9. The van der Waals surface area contributed by atoms with Gasteiger partial charge in [-0.15, -0.1) is 0 Å². The fourth-order valence-electron chi connectivity index (χ4n) is 2.63. The molecule has 1 heterocycles. The van der Waals surface area contributed by atoms with Gasteiger partial charge in [-0.3, -0.25) is 9.59 Å². The third-order valence-electron chi connectivity index (χ3n) is 3.97. The van der Waals surface area contributed by atoms with Gasteiger partial charge in [0.2, 0.25) is 0 Å². The second-order valence-corrected chi connectivity index (χ2v) is 6.75. The van der Waals surface area contributed by atoms with Crippen molar-refractivity contribution in [2.45, 2.75) is 0 Å². The quantitative estimate of drug-likeness (QED) is 0.781. The van der Waals surface area contributed by atoms with Crippen molar-refractivity contribution in [1.82, 2.24) is 10.2 Å². The Labute approximate surface area is 160 Å². The predicted molar refractivity (Wildman–Crippen MR) is 103 cm³/mol. The largest absolute Gasteiger partial charge is 0.378 e. The van der Waals surface area contributed by atoms with E-state index in [4.69, 9.17) is 4.74 Å². The smallest absolute Gasteiger partial charge is 0.270 e. The number of ether oxygens (including phenoxy) is 1. The highest BCUT2D eigenvalue weighted by molar-refractivity contribution is 9.10. The lowest BCUT2D eigenvalue weighted by molar-refractivity contribution is -0.131. The van der Waals surface area contributed by atoms with Crippen LogP contribution in [0, 0.1) is 0 Å². The van der Waals surface area contributed by atoms with Gasteiger partial charge in [0.15, 0.2) is 0 Å². The standard InChI is InChI=1S/C20H19BrN2O3/c21-17-8-4-7-16(14-17)19(24)22-18(13-15-5-2-1-3-6-15)20(25)23-9-11-26-12-10-23/h1-8,13-14H,9-12H2,(H,22,24). The summed E-state index contributed by atoms with van der Waals surface area (Å²) in [4.78, 5) is 27.2. The molecule has 0 aliphatic carbocycles. The molecule has 0 atom stereocenters. The fourth-order valence-corrected chi connectivity index (χ4v) is 3.03. The molecule has 0 bridgehead atoms. The molecule has 5 nitrogen and oxygen atoms in total. The van der Waals surface area contributed by atoms with Crippen molar-refractivity contribution in [1.29, 1.82) is 0 Å². The maximum atomic E-state index is 12.9. The summed E-state index contributed by atoms with van der Waals surface area (Å²) in [5.74, 6) is -0.532. The zero-order chi connectivity index (χ0) is 18.4.